The Bertz CT molecular complexity index is 615. The van der Waals surface area contributed by atoms with Crippen LogP contribution in [0.3, 0.4) is 0 Å². The Hall–Kier alpha value is -1.94. The highest BCUT2D eigenvalue weighted by Gasteiger charge is 2.18. The van der Waals surface area contributed by atoms with Gasteiger partial charge in [0.1, 0.15) is 5.75 Å². The summed E-state index contributed by atoms with van der Waals surface area (Å²) in [6, 6.07) is 17.6. The first-order valence-electron chi connectivity index (χ1n) is 7.27. The van der Waals surface area contributed by atoms with E-state index in [1.807, 2.05) is 68.4 Å². The van der Waals surface area contributed by atoms with Crippen molar-refractivity contribution in [1.29, 1.82) is 0 Å². The number of thioether (sulfide) groups is 1. The lowest BCUT2D eigenvalue weighted by Crippen LogP contribution is -2.33. The van der Waals surface area contributed by atoms with E-state index in [0.29, 0.717) is 0 Å². The SMILES string of the molecule is COc1ccccc1C(C)NC(=O)C(C)Sc1ccccc1. The van der Waals surface area contributed by atoms with Crippen LogP contribution in [-0.2, 0) is 4.79 Å². The van der Waals surface area contributed by atoms with Gasteiger partial charge in [0.25, 0.3) is 0 Å². The van der Waals surface area contributed by atoms with Crippen molar-refractivity contribution >= 4 is 17.7 Å². The predicted molar refractivity (Wildman–Crippen MR) is 91.3 cm³/mol. The Morgan fingerprint density at radius 1 is 1.05 bits per heavy atom. The molecule has 3 nitrogen and oxygen atoms in total. The van der Waals surface area contributed by atoms with E-state index < -0.39 is 0 Å². The molecule has 1 amide bonds. The average molecular weight is 315 g/mol. The molecule has 116 valence electrons. The molecule has 2 aromatic rings. The molecule has 0 spiro atoms. The summed E-state index contributed by atoms with van der Waals surface area (Å²) >= 11 is 1.56. The number of hydrogen-bond donors (Lipinski definition) is 1. The molecule has 0 fully saturated rings. The maximum atomic E-state index is 12.4. The van der Waals surface area contributed by atoms with E-state index >= 15 is 0 Å². The Balaban J connectivity index is 1.98. The summed E-state index contributed by atoms with van der Waals surface area (Å²) in [5.74, 6) is 0.811. The van der Waals surface area contributed by atoms with Crippen molar-refractivity contribution in [2.45, 2.75) is 30.0 Å². The first-order valence-corrected chi connectivity index (χ1v) is 8.14. The quantitative estimate of drug-likeness (QED) is 0.817. The molecule has 0 aliphatic carbocycles. The van der Waals surface area contributed by atoms with E-state index in [1.54, 1.807) is 18.9 Å². The van der Waals surface area contributed by atoms with Crippen LogP contribution in [0.2, 0.25) is 0 Å². The van der Waals surface area contributed by atoms with E-state index in [2.05, 4.69) is 5.32 Å². The number of rotatable bonds is 6. The van der Waals surface area contributed by atoms with Crippen LogP contribution in [0.4, 0.5) is 0 Å². The smallest absolute Gasteiger partial charge is 0.233 e. The standard InChI is InChI=1S/C18H21NO2S/c1-13(16-11-7-8-12-17(16)21-3)19-18(20)14(2)22-15-9-5-4-6-10-15/h4-14H,1-3H3,(H,19,20). The van der Waals surface area contributed by atoms with Crippen LogP contribution >= 0.6 is 11.8 Å². The van der Waals surface area contributed by atoms with Crippen LogP contribution in [0.15, 0.2) is 59.5 Å². The van der Waals surface area contributed by atoms with Gasteiger partial charge in [0.2, 0.25) is 5.91 Å². The van der Waals surface area contributed by atoms with Crippen molar-refractivity contribution in [3.05, 3.63) is 60.2 Å². The number of nitrogens with one attached hydrogen (secondary N) is 1. The van der Waals surface area contributed by atoms with E-state index in [4.69, 9.17) is 4.74 Å². The molecule has 0 aliphatic rings. The van der Waals surface area contributed by atoms with Crippen LogP contribution in [0.1, 0.15) is 25.5 Å². The van der Waals surface area contributed by atoms with Gasteiger partial charge in [0, 0.05) is 10.5 Å². The third-order valence-corrected chi connectivity index (χ3v) is 4.50. The molecular formula is C18H21NO2S. The highest BCUT2D eigenvalue weighted by atomic mass is 32.2. The van der Waals surface area contributed by atoms with Crippen LogP contribution in [0, 0.1) is 0 Å². The van der Waals surface area contributed by atoms with Crippen molar-refractivity contribution in [2.24, 2.45) is 0 Å². The minimum Gasteiger partial charge on any atom is -0.496 e. The molecule has 2 unspecified atom stereocenters. The predicted octanol–water partition coefficient (Wildman–Crippen LogP) is 4.05. The number of methoxy groups -OCH3 is 1. The fraction of sp³-hybridized carbons (Fsp3) is 0.278. The minimum atomic E-state index is -0.153. The summed E-state index contributed by atoms with van der Waals surface area (Å²) in [6.45, 7) is 3.89. The molecule has 0 aromatic heterocycles. The van der Waals surface area contributed by atoms with Crippen LogP contribution < -0.4 is 10.1 Å². The van der Waals surface area contributed by atoms with Gasteiger partial charge in [-0.2, -0.15) is 0 Å². The lowest BCUT2D eigenvalue weighted by molar-refractivity contribution is -0.120. The second-order valence-electron chi connectivity index (χ2n) is 5.05. The summed E-state index contributed by atoms with van der Waals surface area (Å²) in [6.07, 6.45) is 0. The van der Waals surface area contributed by atoms with Gasteiger partial charge >= 0.3 is 0 Å². The molecule has 2 rings (SSSR count). The number of benzene rings is 2. The Morgan fingerprint density at radius 3 is 2.36 bits per heavy atom. The zero-order chi connectivity index (χ0) is 15.9. The molecule has 22 heavy (non-hydrogen) atoms. The molecule has 0 radical (unpaired) electrons. The third-order valence-electron chi connectivity index (χ3n) is 3.39. The monoisotopic (exact) mass is 315 g/mol. The molecule has 4 heteroatoms. The summed E-state index contributed by atoms with van der Waals surface area (Å²) in [5.41, 5.74) is 0.982. The van der Waals surface area contributed by atoms with E-state index in [9.17, 15) is 4.79 Å². The van der Waals surface area contributed by atoms with E-state index in [-0.39, 0.29) is 17.2 Å². The lowest BCUT2D eigenvalue weighted by Gasteiger charge is -2.19. The summed E-state index contributed by atoms with van der Waals surface area (Å²) < 4.78 is 5.35. The largest absolute Gasteiger partial charge is 0.496 e. The van der Waals surface area contributed by atoms with E-state index in [1.165, 1.54) is 0 Å². The van der Waals surface area contributed by atoms with Gasteiger partial charge in [0.05, 0.1) is 18.4 Å². The Kier molecular flexibility index (Phi) is 5.90. The normalized spacial score (nSPS) is 13.2. The molecule has 0 saturated heterocycles. The number of hydrogen-bond acceptors (Lipinski definition) is 3. The fourth-order valence-electron chi connectivity index (χ4n) is 2.19. The Labute approximate surface area is 136 Å². The summed E-state index contributed by atoms with van der Waals surface area (Å²) in [7, 11) is 1.64. The van der Waals surface area contributed by atoms with Gasteiger partial charge in [-0.15, -0.1) is 11.8 Å². The van der Waals surface area contributed by atoms with Crippen LogP contribution in [-0.4, -0.2) is 18.3 Å². The third kappa shape index (κ3) is 4.28. The molecule has 0 aliphatic heterocycles. The van der Waals surface area contributed by atoms with E-state index in [0.717, 1.165) is 16.2 Å². The van der Waals surface area contributed by atoms with Crippen molar-refractivity contribution in [3.63, 3.8) is 0 Å². The van der Waals surface area contributed by atoms with Gasteiger partial charge in [-0.05, 0) is 32.0 Å². The average Bonchev–Trinajstić information content (AvgIpc) is 2.55. The Morgan fingerprint density at radius 2 is 1.68 bits per heavy atom. The molecule has 0 heterocycles. The highest BCUT2D eigenvalue weighted by Crippen LogP contribution is 2.26. The highest BCUT2D eigenvalue weighted by molar-refractivity contribution is 8.00. The molecule has 2 atom stereocenters. The molecule has 1 N–H and O–H groups in total. The molecular weight excluding hydrogens is 294 g/mol. The number of carbonyl (C=O) groups is 1. The van der Waals surface area contributed by atoms with Crippen LogP contribution in [0.25, 0.3) is 0 Å². The first kappa shape index (κ1) is 16.4. The maximum absolute atomic E-state index is 12.4. The summed E-state index contributed by atoms with van der Waals surface area (Å²) in [4.78, 5) is 13.5. The molecule has 2 aromatic carbocycles. The number of amides is 1. The van der Waals surface area contributed by atoms with Gasteiger partial charge in [-0.25, -0.2) is 0 Å². The first-order chi connectivity index (χ1) is 10.6. The second kappa shape index (κ2) is 7.90. The van der Waals surface area contributed by atoms with Crippen molar-refractivity contribution in [1.82, 2.24) is 5.32 Å². The second-order valence-corrected chi connectivity index (χ2v) is 6.46. The fourth-order valence-corrected chi connectivity index (χ4v) is 3.09. The van der Waals surface area contributed by atoms with Crippen molar-refractivity contribution < 1.29 is 9.53 Å². The molecule has 0 bridgehead atoms. The van der Waals surface area contributed by atoms with Crippen molar-refractivity contribution in [3.8, 4) is 5.75 Å². The van der Waals surface area contributed by atoms with Crippen molar-refractivity contribution in [2.75, 3.05) is 7.11 Å². The van der Waals surface area contributed by atoms with Crippen LogP contribution in [0.5, 0.6) is 5.75 Å². The number of carbonyl (C=O) groups excluding carboxylic acids is 1. The number of para-hydroxylation sites is 1. The zero-order valence-corrected chi connectivity index (χ0v) is 13.9. The van der Waals surface area contributed by atoms with Gasteiger partial charge in [-0.3, -0.25) is 4.79 Å². The van der Waals surface area contributed by atoms with Gasteiger partial charge in [-0.1, -0.05) is 36.4 Å². The number of ether oxygens (including phenoxy) is 1. The zero-order valence-electron chi connectivity index (χ0n) is 13.1. The summed E-state index contributed by atoms with van der Waals surface area (Å²) in [5, 5.41) is 2.90. The topological polar surface area (TPSA) is 38.3 Å². The van der Waals surface area contributed by atoms with Gasteiger partial charge < -0.3 is 10.1 Å². The minimum absolute atomic E-state index is 0.0206. The molecule has 0 saturated carbocycles. The maximum Gasteiger partial charge on any atom is 0.233 e. The lowest BCUT2D eigenvalue weighted by atomic mass is 10.1. The van der Waals surface area contributed by atoms with Gasteiger partial charge in [0.15, 0.2) is 0 Å².